The fourth-order valence-corrected chi connectivity index (χ4v) is 8.64. The Balaban J connectivity index is 4.18. The summed E-state index contributed by atoms with van der Waals surface area (Å²) in [6.45, 7) is 6.48. The van der Waals surface area contributed by atoms with Crippen LogP contribution in [0.4, 0.5) is 0 Å². The molecule has 0 amide bonds. The van der Waals surface area contributed by atoms with Crippen molar-refractivity contribution in [1.29, 1.82) is 0 Å². The highest BCUT2D eigenvalue weighted by molar-refractivity contribution is 5.71. The van der Waals surface area contributed by atoms with E-state index >= 15 is 0 Å². The topological polar surface area (TPSA) is 78.9 Å². The zero-order valence-electron chi connectivity index (χ0n) is 45.4. The Labute approximate surface area is 422 Å². The molecule has 0 aliphatic rings. The van der Waals surface area contributed by atoms with E-state index in [0.29, 0.717) is 19.3 Å². The number of rotatable bonds is 54. The monoisotopic (exact) mass is 953 g/mol. The molecule has 396 valence electrons. The van der Waals surface area contributed by atoms with E-state index in [0.717, 1.165) is 109 Å². The maximum absolute atomic E-state index is 12.8. The number of unbranched alkanes of at least 4 members (excludes halogenated alkanes) is 35. The van der Waals surface area contributed by atoms with Gasteiger partial charge in [0.05, 0.1) is 0 Å². The maximum Gasteiger partial charge on any atom is 0.306 e. The van der Waals surface area contributed by atoms with Gasteiger partial charge in [-0.25, -0.2) is 0 Å². The number of carbonyl (C=O) groups excluding carboxylic acids is 3. The second kappa shape index (κ2) is 57.0. The molecule has 6 heteroatoms. The predicted molar refractivity (Wildman–Crippen MR) is 293 cm³/mol. The van der Waals surface area contributed by atoms with Crippen molar-refractivity contribution in [2.45, 2.75) is 316 Å². The normalized spacial score (nSPS) is 12.3. The number of allylic oxidation sites excluding steroid dienone is 8. The van der Waals surface area contributed by atoms with E-state index in [4.69, 9.17) is 14.2 Å². The summed E-state index contributed by atoms with van der Waals surface area (Å²) in [7, 11) is 0. The predicted octanol–water partition coefficient (Wildman–Crippen LogP) is 19.8. The first kappa shape index (κ1) is 65.4. The Morgan fingerprint density at radius 2 is 0.603 bits per heavy atom. The van der Waals surface area contributed by atoms with Gasteiger partial charge < -0.3 is 14.2 Å². The number of ether oxygens (including phenoxy) is 3. The van der Waals surface area contributed by atoms with E-state index in [9.17, 15) is 14.4 Å². The highest BCUT2D eigenvalue weighted by Crippen LogP contribution is 2.17. The summed E-state index contributed by atoms with van der Waals surface area (Å²) in [5.41, 5.74) is 0. The van der Waals surface area contributed by atoms with Crippen LogP contribution in [0, 0.1) is 0 Å². The summed E-state index contributed by atoms with van der Waals surface area (Å²) >= 11 is 0. The fraction of sp³-hybridized carbons (Fsp3) is 0.823. The number of hydrogen-bond donors (Lipinski definition) is 0. The quantitative estimate of drug-likeness (QED) is 0.0262. The van der Waals surface area contributed by atoms with Crippen LogP contribution < -0.4 is 0 Å². The molecule has 0 spiro atoms. The molecule has 6 nitrogen and oxygen atoms in total. The Hall–Kier alpha value is -2.63. The van der Waals surface area contributed by atoms with Gasteiger partial charge in [0, 0.05) is 19.3 Å². The minimum Gasteiger partial charge on any atom is -0.462 e. The van der Waals surface area contributed by atoms with Gasteiger partial charge in [-0.3, -0.25) is 14.4 Å². The second-order valence-corrected chi connectivity index (χ2v) is 19.9. The van der Waals surface area contributed by atoms with Gasteiger partial charge in [-0.05, 0) is 70.6 Å². The zero-order valence-corrected chi connectivity index (χ0v) is 45.4. The summed E-state index contributed by atoms with van der Waals surface area (Å²) in [6, 6.07) is 0. The molecular weight excluding hydrogens is 841 g/mol. The molecule has 0 aliphatic heterocycles. The second-order valence-electron chi connectivity index (χ2n) is 19.9. The summed E-state index contributed by atoms with van der Waals surface area (Å²) in [5, 5.41) is 0. The molecule has 0 aromatic heterocycles. The van der Waals surface area contributed by atoms with Crippen LogP contribution in [0.1, 0.15) is 310 Å². The van der Waals surface area contributed by atoms with Crippen molar-refractivity contribution in [3.8, 4) is 0 Å². The Kier molecular flexibility index (Phi) is 54.8. The molecule has 0 rings (SSSR count). The summed E-state index contributed by atoms with van der Waals surface area (Å²) in [6.07, 6.45) is 69.9. The number of esters is 3. The lowest BCUT2D eigenvalue weighted by Gasteiger charge is -2.18. The van der Waals surface area contributed by atoms with Gasteiger partial charge in [-0.15, -0.1) is 0 Å². The molecule has 0 aliphatic carbocycles. The Bertz CT molecular complexity index is 1190. The third-order valence-corrected chi connectivity index (χ3v) is 13.0. The lowest BCUT2D eigenvalue weighted by molar-refractivity contribution is -0.167. The van der Waals surface area contributed by atoms with Crippen molar-refractivity contribution in [2.75, 3.05) is 13.2 Å². The van der Waals surface area contributed by atoms with Crippen LogP contribution in [-0.4, -0.2) is 37.2 Å². The van der Waals surface area contributed by atoms with E-state index in [1.165, 1.54) is 161 Å². The molecule has 0 aromatic rings. The minimum atomic E-state index is -0.783. The summed E-state index contributed by atoms with van der Waals surface area (Å²) < 4.78 is 16.8. The van der Waals surface area contributed by atoms with Crippen molar-refractivity contribution in [3.63, 3.8) is 0 Å². The van der Waals surface area contributed by atoms with E-state index in [2.05, 4.69) is 69.4 Å². The van der Waals surface area contributed by atoms with E-state index in [1.807, 2.05) is 0 Å². The fourth-order valence-electron chi connectivity index (χ4n) is 8.64. The molecule has 0 saturated heterocycles. The van der Waals surface area contributed by atoms with Crippen LogP contribution in [-0.2, 0) is 28.6 Å². The zero-order chi connectivity index (χ0) is 49.3. The van der Waals surface area contributed by atoms with Crippen molar-refractivity contribution in [3.05, 3.63) is 48.6 Å². The smallest absolute Gasteiger partial charge is 0.306 e. The molecule has 1 atom stereocenters. The lowest BCUT2D eigenvalue weighted by atomic mass is 10.0. The molecule has 1 unspecified atom stereocenters. The van der Waals surface area contributed by atoms with Crippen LogP contribution in [0.3, 0.4) is 0 Å². The van der Waals surface area contributed by atoms with Crippen LogP contribution in [0.15, 0.2) is 48.6 Å². The van der Waals surface area contributed by atoms with Crippen molar-refractivity contribution < 1.29 is 28.6 Å². The van der Waals surface area contributed by atoms with Gasteiger partial charge in [-0.1, -0.05) is 268 Å². The molecule has 0 aromatic carbocycles. The van der Waals surface area contributed by atoms with Gasteiger partial charge >= 0.3 is 17.9 Å². The first-order chi connectivity index (χ1) is 33.5. The van der Waals surface area contributed by atoms with E-state index < -0.39 is 6.10 Å². The molecule has 0 bridgehead atoms. The largest absolute Gasteiger partial charge is 0.462 e. The van der Waals surface area contributed by atoms with Crippen LogP contribution in [0.25, 0.3) is 0 Å². The highest BCUT2D eigenvalue weighted by Gasteiger charge is 2.19. The lowest BCUT2D eigenvalue weighted by Crippen LogP contribution is -2.30. The SMILES string of the molecule is CC/C=C\C/C=C\C/C=C\CCCCCCCC(=O)OC(COC(=O)CCCCCCC/C=C\CCC)COC(=O)CCCCCCCCCCCCCCCCCCCCCCCCCCC. The average Bonchev–Trinajstić information content (AvgIpc) is 3.34. The molecular formula is C62H112O6. The Morgan fingerprint density at radius 3 is 0.971 bits per heavy atom. The van der Waals surface area contributed by atoms with Gasteiger partial charge in [0.15, 0.2) is 6.10 Å². The van der Waals surface area contributed by atoms with Gasteiger partial charge in [0.1, 0.15) is 13.2 Å². The molecule has 0 fully saturated rings. The molecule has 0 saturated carbocycles. The number of hydrogen-bond acceptors (Lipinski definition) is 6. The van der Waals surface area contributed by atoms with Gasteiger partial charge in [0.25, 0.3) is 0 Å². The van der Waals surface area contributed by atoms with Crippen LogP contribution in [0.2, 0.25) is 0 Å². The van der Waals surface area contributed by atoms with E-state index in [-0.39, 0.29) is 31.1 Å². The third kappa shape index (κ3) is 54.3. The molecule has 0 heterocycles. The van der Waals surface area contributed by atoms with Crippen molar-refractivity contribution >= 4 is 17.9 Å². The van der Waals surface area contributed by atoms with Crippen molar-refractivity contribution in [2.24, 2.45) is 0 Å². The first-order valence-electron chi connectivity index (χ1n) is 29.6. The number of carbonyl (C=O) groups is 3. The van der Waals surface area contributed by atoms with Gasteiger partial charge in [0.2, 0.25) is 0 Å². The summed E-state index contributed by atoms with van der Waals surface area (Å²) in [4.78, 5) is 38.1. The van der Waals surface area contributed by atoms with Crippen molar-refractivity contribution in [1.82, 2.24) is 0 Å². The summed E-state index contributed by atoms with van der Waals surface area (Å²) in [5.74, 6) is -0.895. The van der Waals surface area contributed by atoms with E-state index in [1.54, 1.807) is 0 Å². The molecule has 68 heavy (non-hydrogen) atoms. The third-order valence-electron chi connectivity index (χ3n) is 13.0. The minimum absolute atomic E-state index is 0.0801. The highest BCUT2D eigenvalue weighted by atomic mass is 16.6. The average molecular weight is 954 g/mol. The van der Waals surface area contributed by atoms with Gasteiger partial charge in [-0.2, -0.15) is 0 Å². The molecule has 0 N–H and O–H groups in total. The maximum atomic E-state index is 12.8. The van der Waals surface area contributed by atoms with Crippen LogP contribution in [0.5, 0.6) is 0 Å². The van der Waals surface area contributed by atoms with Crippen LogP contribution >= 0.6 is 0 Å². The Morgan fingerprint density at radius 1 is 0.309 bits per heavy atom. The molecule has 0 radical (unpaired) electrons. The first-order valence-corrected chi connectivity index (χ1v) is 29.6. The standard InChI is InChI=1S/C62H112O6/c1-4-7-10-13-16-19-22-24-26-27-28-29-30-31-32-33-34-35-37-38-40-43-46-49-52-55-61(64)67-58-59(57-66-60(63)54-51-48-45-42-21-18-15-12-9-6-3)68-62(65)56-53-50-47-44-41-39-36-25-23-20-17-14-11-8-5-2/h8,11-12,15,17,20,25,36,59H,4-7,9-10,13-14,16,18-19,21-24,26-35,37-58H2,1-3H3/b11-8-,15-12-,20-17-,36-25-.